The number of rotatable bonds is 12. The van der Waals surface area contributed by atoms with Crippen molar-refractivity contribution < 1.29 is 0 Å². The van der Waals surface area contributed by atoms with Crippen LogP contribution in [0.15, 0.2) is 0 Å². The lowest BCUT2D eigenvalue weighted by atomic mass is 10.3. The van der Waals surface area contributed by atoms with Gasteiger partial charge in [-0.1, -0.05) is 109 Å². The largest absolute Gasteiger partial charge is 0.0678 e. The molecular formula is C17H40Si2. The quantitative estimate of drug-likeness (QED) is 0.264. The monoisotopic (exact) mass is 300 g/mol. The first-order chi connectivity index (χ1) is 9.07. The standard InChI is InChI=1S/C17H40Si2/c1-7-18(8-2,9-3)16-14-13-15-17-19(10-4,11-5)12-6/h7-17H2,1-6H3. The zero-order chi connectivity index (χ0) is 14.8. The van der Waals surface area contributed by atoms with Crippen LogP contribution in [0, 0.1) is 0 Å². The van der Waals surface area contributed by atoms with Crippen molar-refractivity contribution in [2.75, 3.05) is 0 Å². The molecule has 0 unspecified atom stereocenters. The van der Waals surface area contributed by atoms with Crippen LogP contribution in [-0.4, -0.2) is 16.1 Å². The van der Waals surface area contributed by atoms with Gasteiger partial charge in [0.15, 0.2) is 0 Å². The van der Waals surface area contributed by atoms with Gasteiger partial charge < -0.3 is 0 Å². The van der Waals surface area contributed by atoms with Crippen molar-refractivity contribution >= 4 is 16.1 Å². The van der Waals surface area contributed by atoms with Crippen LogP contribution < -0.4 is 0 Å². The first kappa shape index (κ1) is 19.4. The van der Waals surface area contributed by atoms with E-state index in [9.17, 15) is 0 Å². The number of hydrogen-bond acceptors (Lipinski definition) is 0. The van der Waals surface area contributed by atoms with Crippen LogP contribution in [0.2, 0.25) is 48.4 Å². The van der Waals surface area contributed by atoms with Gasteiger partial charge in [-0.15, -0.1) is 0 Å². The highest BCUT2D eigenvalue weighted by atomic mass is 28.3. The van der Waals surface area contributed by atoms with Crippen molar-refractivity contribution in [2.45, 2.75) is 109 Å². The van der Waals surface area contributed by atoms with Gasteiger partial charge in [-0.3, -0.25) is 0 Å². The summed E-state index contributed by atoms with van der Waals surface area (Å²) in [7, 11) is -1.65. The molecule has 0 rings (SSSR count). The van der Waals surface area contributed by atoms with Crippen molar-refractivity contribution in [1.82, 2.24) is 0 Å². The fourth-order valence-corrected chi connectivity index (χ4v) is 10.9. The fourth-order valence-electron chi connectivity index (χ4n) is 3.74. The van der Waals surface area contributed by atoms with Crippen molar-refractivity contribution in [3.05, 3.63) is 0 Å². The highest BCUT2D eigenvalue weighted by Gasteiger charge is 2.27. The molecule has 0 aliphatic rings. The third-order valence-electron chi connectivity index (χ3n) is 6.41. The maximum atomic E-state index is 2.45. The van der Waals surface area contributed by atoms with Crippen molar-refractivity contribution in [3.63, 3.8) is 0 Å². The second kappa shape index (κ2) is 10.2. The summed E-state index contributed by atoms with van der Waals surface area (Å²) in [5.74, 6) is 0. The molecule has 0 atom stereocenters. The molecule has 0 spiro atoms. The van der Waals surface area contributed by atoms with E-state index in [0.29, 0.717) is 0 Å². The summed E-state index contributed by atoms with van der Waals surface area (Å²) in [6.07, 6.45) is 4.58. The third kappa shape index (κ3) is 6.16. The molecule has 0 nitrogen and oxygen atoms in total. The normalized spacial score (nSPS) is 12.9. The minimum atomic E-state index is -0.827. The predicted molar refractivity (Wildman–Crippen MR) is 97.9 cm³/mol. The lowest BCUT2D eigenvalue weighted by Crippen LogP contribution is -2.31. The Kier molecular flexibility index (Phi) is 10.4. The highest BCUT2D eigenvalue weighted by molar-refractivity contribution is 6.80. The Morgan fingerprint density at radius 3 is 0.895 bits per heavy atom. The van der Waals surface area contributed by atoms with Gasteiger partial charge in [0.25, 0.3) is 0 Å². The summed E-state index contributed by atoms with van der Waals surface area (Å²) in [5.41, 5.74) is 0. The Bertz CT molecular complexity index is 167. The highest BCUT2D eigenvalue weighted by Crippen LogP contribution is 2.30. The van der Waals surface area contributed by atoms with E-state index in [4.69, 9.17) is 0 Å². The van der Waals surface area contributed by atoms with Gasteiger partial charge >= 0.3 is 0 Å². The van der Waals surface area contributed by atoms with Gasteiger partial charge in [0, 0.05) is 0 Å². The SMILES string of the molecule is CC[Si](CC)(CC)CCCCC[Si](CC)(CC)CC. The van der Waals surface area contributed by atoms with E-state index in [-0.39, 0.29) is 0 Å². The molecule has 0 saturated carbocycles. The molecule has 0 amide bonds. The topological polar surface area (TPSA) is 0 Å². The summed E-state index contributed by atoms with van der Waals surface area (Å²) in [6.45, 7) is 14.7. The molecule has 0 bridgehead atoms. The maximum absolute atomic E-state index is 2.45. The number of hydrogen-bond donors (Lipinski definition) is 0. The molecule has 0 radical (unpaired) electrons. The average molecular weight is 301 g/mol. The molecule has 0 heterocycles. The Morgan fingerprint density at radius 2 is 0.684 bits per heavy atom. The first-order valence-electron chi connectivity index (χ1n) is 9.07. The maximum Gasteiger partial charge on any atom is 0.0527 e. The summed E-state index contributed by atoms with van der Waals surface area (Å²) < 4.78 is 0. The van der Waals surface area contributed by atoms with E-state index in [1.165, 1.54) is 55.5 Å². The summed E-state index contributed by atoms with van der Waals surface area (Å²) in [4.78, 5) is 0. The van der Waals surface area contributed by atoms with Crippen LogP contribution in [-0.2, 0) is 0 Å². The minimum absolute atomic E-state index is 0.827. The molecule has 0 aromatic carbocycles. The molecule has 2 heteroatoms. The minimum Gasteiger partial charge on any atom is -0.0678 e. The summed E-state index contributed by atoms with van der Waals surface area (Å²) >= 11 is 0. The van der Waals surface area contributed by atoms with E-state index in [0.717, 1.165) is 0 Å². The van der Waals surface area contributed by atoms with Gasteiger partial charge in [-0.25, -0.2) is 0 Å². The van der Waals surface area contributed by atoms with Crippen LogP contribution >= 0.6 is 0 Å². The molecule has 0 aliphatic heterocycles. The van der Waals surface area contributed by atoms with Crippen LogP contribution in [0.4, 0.5) is 0 Å². The molecule has 0 saturated heterocycles. The van der Waals surface area contributed by atoms with Gasteiger partial charge in [-0.2, -0.15) is 0 Å². The molecule has 0 aliphatic carbocycles. The Morgan fingerprint density at radius 1 is 0.421 bits per heavy atom. The molecular weight excluding hydrogens is 260 g/mol. The van der Waals surface area contributed by atoms with E-state index in [2.05, 4.69) is 41.5 Å². The number of unbranched alkanes of at least 4 members (excludes halogenated alkanes) is 2. The lowest BCUT2D eigenvalue weighted by Gasteiger charge is -2.29. The Balaban J connectivity index is 3.98. The van der Waals surface area contributed by atoms with Gasteiger partial charge in [0.05, 0.1) is 16.1 Å². The molecule has 0 aromatic rings. The van der Waals surface area contributed by atoms with E-state index in [1.54, 1.807) is 12.1 Å². The van der Waals surface area contributed by atoms with E-state index < -0.39 is 16.1 Å². The van der Waals surface area contributed by atoms with E-state index in [1.807, 2.05) is 0 Å². The average Bonchev–Trinajstić information content (AvgIpc) is 2.48. The van der Waals surface area contributed by atoms with Crippen LogP contribution in [0.5, 0.6) is 0 Å². The molecule has 0 aromatic heterocycles. The van der Waals surface area contributed by atoms with Crippen LogP contribution in [0.3, 0.4) is 0 Å². The molecule has 116 valence electrons. The third-order valence-corrected chi connectivity index (χ3v) is 18.2. The molecule has 0 fully saturated rings. The molecule has 0 N–H and O–H groups in total. The van der Waals surface area contributed by atoms with Gasteiger partial charge in [0.2, 0.25) is 0 Å². The van der Waals surface area contributed by atoms with Gasteiger partial charge in [-0.05, 0) is 0 Å². The Labute approximate surface area is 125 Å². The van der Waals surface area contributed by atoms with Gasteiger partial charge in [0.1, 0.15) is 0 Å². The zero-order valence-corrected chi connectivity index (χ0v) is 16.8. The summed E-state index contributed by atoms with van der Waals surface area (Å²) in [5, 5.41) is 0. The lowest BCUT2D eigenvalue weighted by molar-refractivity contribution is 0.743. The molecule has 19 heavy (non-hydrogen) atoms. The van der Waals surface area contributed by atoms with Crippen LogP contribution in [0.25, 0.3) is 0 Å². The second-order valence-corrected chi connectivity index (χ2v) is 17.9. The van der Waals surface area contributed by atoms with Crippen molar-refractivity contribution in [2.24, 2.45) is 0 Å². The summed E-state index contributed by atoms with van der Waals surface area (Å²) in [6, 6.07) is 12.3. The van der Waals surface area contributed by atoms with Crippen LogP contribution in [0.1, 0.15) is 60.8 Å². The smallest absolute Gasteiger partial charge is 0.0527 e. The van der Waals surface area contributed by atoms with E-state index >= 15 is 0 Å². The second-order valence-electron chi connectivity index (χ2n) is 6.68. The first-order valence-corrected chi connectivity index (χ1v) is 14.7. The predicted octanol–water partition coefficient (Wildman–Crippen LogP) is 7.17. The van der Waals surface area contributed by atoms with Crippen molar-refractivity contribution in [1.29, 1.82) is 0 Å². The zero-order valence-electron chi connectivity index (χ0n) is 14.8. The Hall–Kier alpha value is 0.434. The van der Waals surface area contributed by atoms with Crippen molar-refractivity contribution in [3.8, 4) is 0 Å². The fraction of sp³-hybridized carbons (Fsp3) is 1.00.